The fraction of sp³-hybridized carbons (Fsp3) is 0.950. The van der Waals surface area contributed by atoms with Gasteiger partial charge in [0.2, 0.25) is 0 Å². The Balaban J connectivity index is 1.34. The van der Waals surface area contributed by atoms with E-state index in [1.807, 2.05) is 25.7 Å². The van der Waals surface area contributed by atoms with Gasteiger partial charge in [-0.15, -0.1) is 0 Å². The van der Waals surface area contributed by atoms with Crippen molar-refractivity contribution < 1.29 is 9.53 Å². The van der Waals surface area contributed by atoms with Crippen LogP contribution in [0.1, 0.15) is 72.1 Å². The lowest BCUT2D eigenvalue weighted by Crippen LogP contribution is -2.44. The molecule has 1 heterocycles. The van der Waals surface area contributed by atoms with E-state index in [1.165, 1.54) is 38.5 Å². The van der Waals surface area contributed by atoms with Crippen LogP contribution >= 0.6 is 0 Å². The number of carbonyl (C=O) groups is 1. The lowest BCUT2D eigenvalue weighted by molar-refractivity contribution is 0.0182. The Morgan fingerprint density at radius 1 is 1.04 bits per heavy atom. The molecule has 2 aliphatic carbocycles. The number of piperidine rings is 1. The van der Waals surface area contributed by atoms with Gasteiger partial charge in [-0.25, -0.2) is 4.79 Å². The zero-order valence-corrected chi connectivity index (χ0v) is 15.9. The van der Waals surface area contributed by atoms with Gasteiger partial charge < -0.3 is 15.0 Å². The van der Waals surface area contributed by atoms with E-state index < -0.39 is 5.60 Å². The van der Waals surface area contributed by atoms with Crippen LogP contribution in [0.15, 0.2) is 0 Å². The Bertz CT molecular complexity index is 420. The number of nitrogens with zero attached hydrogens (tertiary/aromatic N) is 1. The molecule has 3 rings (SSSR count). The Morgan fingerprint density at radius 3 is 2.38 bits per heavy atom. The summed E-state index contributed by atoms with van der Waals surface area (Å²) in [6.07, 6.45) is 10.7. The van der Waals surface area contributed by atoms with Crippen molar-refractivity contribution in [3.63, 3.8) is 0 Å². The minimum Gasteiger partial charge on any atom is -0.444 e. The highest BCUT2D eigenvalue weighted by molar-refractivity contribution is 5.68. The molecule has 2 saturated carbocycles. The van der Waals surface area contributed by atoms with Crippen LogP contribution in [0.4, 0.5) is 4.79 Å². The van der Waals surface area contributed by atoms with E-state index >= 15 is 0 Å². The molecule has 0 aromatic rings. The molecule has 0 aromatic heterocycles. The van der Waals surface area contributed by atoms with Crippen molar-refractivity contribution in [1.29, 1.82) is 0 Å². The summed E-state index contributed by atoms with van der Waals surface area (Å²) in [5.41, 5.74) is -0.394. The Hall–Kier alpha value is -0.770. The number of hydrogen-bond donors (Lipinski definition) is 1. The van der Waals surface area contributed by atoms with Gasteiger partial charge in [-0.2, -0.15) is 0 Å². The molecule has 3 fully saturated rings. The number of amides is 1. The van der Waals surface area contributed by atoms with E-state index in [0.717, 1.165) is 50.4 Å². The van der Waals surface area contributed by atoms with E-state index in [0.29, 0.717) is 5.92 Å². The van der Waals surface area contributed by atoms with Crippen molar-refractivity contribution in [2.75, 3.05) is 19.6 Å². The van der Waals surface area contributed by atoms with Crippen LogP contribution in [0.2, 0.25) is 0 Å². The molecule has 138 valence electrons. The van der Waals surface area contributed by atoms with E-state index in [-0.39, 0.29) is 6.09 Å². The maximum absolute atomic E-state index is 12.1. The molecule has 1 amide bonds. The number of carbonyl (C=O) groups excluding carboxylic acids is 1. The van der Waals surface area contributed by atoms with Gasteiger partial charge >= 0.3 is 6.09 Å². The van der Waals surface area contributed by atoms with Gasteiger partial charge in [0.05, 0.1) is 0 Å². The Kier molecular flexibility index (Phi) is 5.74. The predicted octanol–water partition coefficient (Wildman–Crippen LogP) is 4.19. The first kappa shape index (κ1) is 18.0. The molecular weight excluding hydrogens is 300 g/mol. The molecule has 0 radical (unpaired) electrons. The minimum atomic E-state index is -0.394. The quantitative estimate of drug-likeness (QED) is 0.837. The summed E-state index contributed by atoms with van der Waals surface area (Å²) in [7, 11) is 0. The molecule has 4 nitrogen and oxygen atoms in total. The van der Waals surface area contributed by atoms with Crippen LogP contribution < -0.4 is 5.32 Å². The monoisotopic (exact) mass is 336 g/mol. The highest BCUT2D eigenvalue weighted by atomic mass is 16.6. The summed E-state index contributed by atoms with van der Waals surface area (Å²) in [6.45, 7) is 8.61. The third-order valence-corrected chi connectivity index (χ3v) is 5.96. The average Bonchev–Trinajstić information content (AvgIpc) is 3.37. The van der Waals surface area contributed by atoms with E-state index in [9.17, 15) is 4.79 Å². The van der Waals surface area contributed by atoms with E-state index in [2.05, 4.69) is 5.32 Å². The highest BCUT2D eigenvalue weighted by Gasteiger charge is 2.35. The van der Waals surface area contributed by atoms with Crippen molar-refractivity contribution >= 4 is 6.09 Å². The summed E-state index contributed by atoms with van der Waals surface area (Å²) in [5, 5.41) is 3.85. The molecule has 0 spiro atoms. The summed E-state index contributed by atoms with van der Waals surface area (Å²) < 4.78 is 5.48. The SMILES string of the molecule is CC(C)(C)OC(=O)N1CCC(CNC2CCCC(C3CC3)C2)CC1. The summed E-state index contributed by atoms with van der Waals surface area (Å²) >= 11 is 0. The second-order valence-corrected chi connectivity index (χ2v) is 9.28. The second kappa shape index (κ2) is 7.63. The molecule has 3 aliphatic rings. The van der Waals surface area contributed by atoms with Gasteiger partial charge in [-0.3, -0.25) is 0 Å². The second-order valence-electron chi connectivity index (χ2n) is 9.28. The lowest BCUT2D eigenvalue weighted by Gasteiger charge is -2.35. The lowest BCUT2D eigenvalue weighted by atomic mass is 9.82. The third kappa shape index (κ3) is 5.37. The topological polar surface area (TPSA) is 41.6 Å². The molecular formula is C20H36N2O2. The zero-order chi connectivity index (χ0) is 17.2. The molecule has 0 aromatic carbocycles. The number of ether oxygens (including phenoxy) is 1. The number of likely N-dealkylation sites (tertiary alicyclic amines) is 1. The number of hydrogen-bond acceptors (Lipinski definition) is 3. The maximum Gasteiger partial charge on any atom is 0.410 e. The van der Waals surface area contributed by atoms with Crippen LogP contribution in [0.5, 0.6) is 0 Å². The van der Waals surface area contributed by atoms with Gasteiger partial charge in [-0.05, 0) is 83.6 Å². The van der Waals surface area contributed by atoms with Gasteiger partial charge in [0, 0.05) is 19.1 Å². The standard InChI is InChI=1S/C20H36N2O2/c1-20(2,3)24-19(23)22-11-9-15(10-12-22)14-21-18-6-4-5-17(13-18)16-7-8-16/h15-18,21H,4-14H2,1-3H3. The average molecular weight is 337 g/mol. The molecule has 2 atom stereocenters. The van der Waals surface area contributed by atoms with Crippen molar-refractivity contribution in [1.82, 2.24) is 10.2 Å². The minimum absolute atomic E-state index is 0.145. The van der Waals surface area contributed by atoms with Crippen LogP contribution in [-0.2, 0) is 4.74 Å². The first-order chi connectivity index (χ1) is 11.4. The maximum atomic E-state index is 12.1. The van der Waals surface area contributed by atoms with Crippen LogP contribution in [-0.4, -0.2) is 42.3 Å². The zero-order valence-electron chi connectivity index (χ0n) is 15.9. The largest absolute Gasteiger partial charge is 0.444 e. The van der Waals surface area contributed by atoms with Crippen molar-refractivity contribution in [3.05, 3.63) is 0 Å². The van der Waals surface area contributed by atoms with Crippen molar-refractivity contribution in [2.24, 2.45) is 17.8 Å². The fourth-order valence-corrected chi connectivity index (χ4v) is 4.39. The van der Waals surface area contributed by atoms with Crippen molar-refractivity contribution in [3.8, 4) is 0 Å². The van der Waals surface area contributed by atoms with Gasteiger partial charge in [0.1, 0.15) is 5.60 Å². The van der Waals surface area contributed by atoms with E-state index in [4.69, 9.17) is 4.74 Å². The highest BCUT2D eigenvalue weighted by Crippen LogP contribution is 2.43. The third-order valence-electron chi connectivity index (χ3n) is 5.96. The molecule has 2 unspecified atom stereocenters. The molecule has 4 heteroatoms. The van der Waals surface area contributed by atoms with Crippen LogP contribution in [0.25, 0.3) is 0 Å². The predicted molar refractivity (Wildman–Crippen MR) is 97.0 cm³/mol. The molecule has 1 N–H and O–H groups in total. The molecule has 0 bridgehead atoms. The normalized spacial score (nSPS) is 29.5. The first-order valence-electron chi connectivity index (χ1n) is 10.1. The fourth-order valence-electron chi connectivity index (χ4n) is 4.39. The Morgan fingerprint density at radius 2 is 1.75 bits per heavy atom. The van der Waals surface area contributed by atoms with Gasteiger partial charge in [0.25, 0.3) is 0 Å². The number of rotatable bonds is 4. The summed E-state index contributed by atoms with van der Waals surface area (Å²) in [5.74, 6) is 2.78. The summed E-state index contributed by atoms with van der Waals surface area (Å²) in [6, 6.07) is 0.744. The summed E-state index contributed by atoms with van der Waals surface area (Å²) in [4.78, 5) is 14.0. The molecule has 1 saturated heterocycles. The Labute approximate surface area is 147 Å². The van der Waals surface area contributed by atoms with Gasteiger partial charge in [-0.1, -0.05) is 12.8 Å². The first-order valence-corrected chi connectivity index (χ1v) is 10.1. The molecule has 1 aliphatic heterocycles. The van der Waals surface area contributed by atoms with Crippen LogP contribution in [0, 0.1) is 17.8 Å². The number of nitrogens with one attached hydrogen (secondary N) is 1. The van der Waals surface area contributed by atoms with Crippen molar-refractivity contribution in [2.45, 2.75) is 83.8 Å². The smallest absolute Gasteiger partial charge is 0.410 e. The van der Waals surface area contributed by atoms with Gasteiger partial charge in [0.15, 0.2) is 0 Å². The van der Waals surface area contributed by atoms with E-state index in [1.54, 1.807) is 0 Å². The van der Waals surface area contributed by atoms with Crippen LogP contribution in [0.3, 0.4) is 0 Å². The molecule has 24 heavy (non-hydrogen) atoms.